The van der Waals surface area contributed by atoms with Gasteiger partial charge in [0.15, 0.2) is 5.78 Å². The minimum absolute atomic E-state index is 0.00159. The SMILES string of the molecule is CC(=O)c1ccc(-c2ccc3nc(-c4ccc(C)cc4)c(CCC(=O)NCCc4ccccn4)n3c2)cc1. The third kappa shape index (κ3) is 5.70. The number of pyridine rings is 2. The van der Waals surface area contributed by atoms with Gasteiger partial charge in [0.2, 0.25) is 5.91 Å². The molecule has 0 aliphatic heterocycles. The van der Waals surface area contributed by atoms with Gasteiger partial charge in [0, 0.05) is 48.6 Å². The lowest BCUT2D eigenvalue weighted by molar-refractivity contribution is -0.121. The zero-order valence-corrected chi connectivity index (χ0v) is 21.6. The van der Waals surface area contributed by atoms with Crippen molar-refractivity contribution >= 4 is 17.3 Å². The Labute approximate surface area is 222 Å². The van der Waals surface area contributed by atoms with Crippen LogP contribution in [-0.4, -0.2) is 32.6 Å². The Bertz CT molecular complexity index is 1570. The minimum atomic E-state index is 0.00159. The molecule has 38 heavy (non-hydrogen) atoms. The highest BCUT2D eigenvalue weighted by Gasteiger charge is 2.16. The van der Waals surface area contributed by atoms with E-state index in [0.29, 0.717) is 31.4 Å². The van der Waals surface area contributed by atoms with Crippen molar-refractivity contribution in [1.29, 1.82) is 0 Å². The molecule has 0 spiro atoms. The van der Waals surface area contributed by atoms with E-state index in [9.17, 15) is 9.59 Å². The number of Topliss-reactive ketones (excluding diaryl/α,β-unsaturated/α-hetero) is 1. The van der Waals surface area contributed by atoms with E-state index in [1.807, 2.05) is 54.6 Å². The van der Waals surface area contributed by atoms with E-state index in [4.69, 9.17) is 4.98 Å². The Morgan fingerprint density at radius 3 is 2.29 bits per heavy atom. The van der Waals surface area contributed by atoms with Gasteiger partial charge in [0.05, 0.1) is 11.4 Å². The number of hydrogen-bond donors (Lipinski definition) is 1. The van der Waals surface area contributed by atoms with E-state index in [0.717, 1.165) is 39.4 Å². The number of aromatic nitrogens is 3. The Hall–Kier alpha value is -4.58. The molecule has 0 saturated carbocycles. The molecule has 6 nitrogen and oxygen atoms in total. The van der Waals surface area contributed by atoms with Gasteiger partial charge in [0.25, 0.3) is 0 Å². The smallest absolute Gasteiger partial charge is 0.220 e. The molecule has 3 aromatic heterocycles. The predicted molar refractivity (Wildman–Crippen MR) is 150 cm³/mol. The standard InChI is InChI=1S/C32H30N4O2/c1-22-6-8-26(9-7-22)32-29(15-17-31(38)34-20-18-28-5-3-4-19-33-28)36-21-27(14-16-30(36)35-32)25-12-10-24(11-13-25)23(2)37/h3-14,16,19,21H,15,17-18,20H2,1-2H3,(H,34,38). The Balaban J connectivity index is 1.41. The number of aryl methyl sites for hydroxylation is 2. The molecular weight excluding hydrogens is 472 g/mol. The molecular formula is C32H30N4O2. The second-order valence-electron chi connectivity index (χ2n) is 9.47. The molecule has 0 radical (unpaired) electrons. The van der Waals surface area contributed by atoms with E-state index in [1.54, 1.807) is 13.1 Å². The lowest BCUT2D eigenvalue weighted by Gasteiger charge is -2.09. The van der Waals surface area contributed by atoms with Gasteiger partial charge in [-0.1, -0.05) is 60.2 Å². The molecule has 1 amide bonds. The normalized spacial score (nSPS) is 11.0. The molecule has 5 rings (SSSR count). The van der Waals surface area contributed by atoms with E-state index in [2.05, 4.69) is 52.1 Å². The highest BCUT2D eigenvalue weighted by atomic mass is 16.1. The monoisotopic (exact) mass is 502 g/mol. The van der Waals surface area contributed by atoms with Crippen molar-refractivity contribution in [3.8, 4) is 22.4 Å². The van der Waals surface area contributed by atoms with E-state index < -0.39 is 0 Å². The fraction of sp³-hybridized carbons (Fsp3) is 0.188. The number of amides is 1. The number of fused-ring (bicyclic) bond motifs is 1. The first-order valence-corrected chi connectivity index (χ1v) is 12.8. The molecule has 190 valence electrons. The van der Waals surface area contributed by atoms with Crippen molar-refractivity contribution in [2.45, 2.75) is 33.1 Å². The number of imidazole rings is 1. The summed E-state index contributed by atoms with van der Waals surface area (Å²) in [6.07, 6.45) is 5.43. The second-order valence-corrected chi connectivity index (χ2v) is 9.47. The molecule has 1 N–H and O–H groups in total. The van der Waals surface area contributed by atoms with Gasteiger partial charge in [-0.15, -0.1) is 0 Å². The second kappa shape index (κ2) is 11.2. The number of hydrogen-bond acceptors (Lipinski definition) is 4. The van der Waals surface area contributed by atoms with Crippen LogP contribution in [0.15, 0.2) is 91.3 Å². The average Bonchev–Trinajstić information content (AvgIpc) is 3.30. The van der Waals surface area contributed by atoms with Gasteiger partial charge in [0.1, 0.15) is 5.65 Å². The van der Waals surface area contributed by atoms with Crippen molar-refractivity contribution in [2.75, 3.05) is 6.54 Å². The van der Waals surface area contributed by atoms with Crippen molar-refractivity contribution < 1.29 is 9.59 Å². The number of nitrogens with zero attached hydrogens (tertiary/aromatic N) is 3. The Morgan fingerprint density at radius 2 is 1.58 bits per heavy atom. The molecule has 0 aliphatic carbocycles. The number of carbonyl (C=O) groups excluding carboxylic acids is 2. The number of benzene rings is 2. The fourth-order valence-electron chi connectivity index (χ4n) is 4.54. The largest absolute Gasteiger partial charge is 0.356 e. The molecule has 3 heterocycles. The summed E-state index contributed by atoms with van der Waals surface area (Å²) < 4.78 is 2.09. The summed E-state index contributed by atoms with van der Waals surface area (Å²) in [5, 5.41) is 3.02. The summed E-state index contributed by atoms with van der Waals surface area (Å²) in [6, 6.07) is 25.8. The van der Waals surface area contributed by atoms with Gasteiger partial charge in [-0.3, -0.25) is 14.6 Å². The van der Waals surface area contributed by atoms with E-state index in [1.165, 1.54) is 5.56 Å². The molecule has 0 atom stereocenters. The maximum atomic E-state index is 12.7. The predicted octanol–water partition coefficient (Wildman–Crippen LogP) is 5.87. The van der Waals surface area contributed by atoms with Crippen LogP contribution in [0, 0.1) is 6.92 Å². The number of ketones is 1. The van der Waals surface area contributed by atoms with Crippen molar-refractivity contribution in [2.24, 2.45) is 0 Å². The van der Waals surface area contributed by atoms with E-state index in [-0.39, 0.29) is 11.7 Å². The molecule has 0 unspecified atom stereocenters. The first-order chi connectivity index (χ1) is 18.5. The van der Waals surface area contributed by atoms with Crippen molar-refractivity contribution in [3.05, 3.63) is 114 Å². The van der Waals surface area contributed by atoms with Crippen LogP contribution in [0.4, 0.5) is 0 Å². The van der Waals surface area contributed by atoms with Crippen LogP contribution in [-0.2, 0) is 17.6 Å². The van der Waals surface area contributed by atoms with Gasteiger partial charge in [-0.25, -0.2) is 4.98 Å². The molecule has 0 fully saturated rings. The maximum absolute atomic E-state index is 12.7. The third-order valence-electron chi connectivity index (χ3n) is 6.69. The first kappa shape index (κ1) is 25.1. The number of nitrogens with one attached hydrogen (secondary N) is 1. The van der Waals surface area contributed by atoms with Crippen LogP contribution in [0.25, 0.3) is 28.0 Å². The molecule has 2 aromatic carbocycles. The highest BCUT2D eigenvalue weighted by molar-refractivity contribution is 5.94. The lowest BCUT2D eigenvalue weighted by Crippen LogP contribution is -2.26. The molecule has 6 heteroatoms. The van der Waals surface area contributed by atoms with Crippen LogP contribution < -0.4 is 5.32 Å². The van der Waals surface area contributed by atoms with Crippen LogP contribution in [0.2, 0.25) is 0 Å². The molecule has 0 bridgehead atoms. The summed E-state index contributed by atoms with van der Waals surface area (Å²) in [5.41, 5.74) is 8.59. The molecule has 5 aromatic rings. The zero-order chi connectivity index (χ0) is 26.5. The fourth-order valence-corrected chi connectivity index (χ4v) is 4.54. The summed E-state index contributed by atoms with van der Waals surface area (Å²) >= 11 is 0. The van der Waals surface area contributed by atoms with Crippen LogP contribution >= 0.6 is 0 Å². The highest BCUT2D eigenvalue weighted by Crippen LogP contribution is 2.29. The molecule has 0 saturated heterocycles. The van der Waals surface area contributed by atoms with Crippen LogP contribution in [0.1, 0.15) is 40.7 Å². The maximum Gasteiger partial charge on any atom is 0.220 e. The number of carbonyl (C=O) groups is 2. The first-order valence-electron chi connectivity index (χ1n) is 12.8. The summed E-state index contributed by atoms with van der Waals surface area (Å²) in [4.78, 5) is 33.7. The van der Waals surface area contributed by atoms with Crippen molar-refractivity contribution in [1.82, 2.24) is 19.7 Å². The average molecular weight is 503 g/mol. The number of rotatable bonds is 9. The van der Waals surface area contributed by atoms with Crippen LogP contribution in [0.3, 0.4) is 0 Å². The zero-order valence-electron chi connectivity index (χ0n) is 21.6. The van der Waals surface area contributed by atoms with Gasteiger partial charge in [-0.05, 0) is 55.7 Å². The summed E-state index contributed by atoms with van der Waals surface area (Å²) in [6.45, 7) is 4.18. The quantitative estimate of drug-likeness (QED) is 0.256. The van der Waals surface area contributed by atoms with Gasteiger partial charge >= 0.3 is 0 Å². The minimum Gasteiger partial charge on any atom is -0.356 e. The Kier molecular flexibility index (Phi) is 7.40. The molecule has 0 aliphatic rings. The third-order valence-corrected chi connectivity index (χ3v) is 6.69. The van der Waals surface area contributed by atoms with E-state index >= 15 is 0 Å². The summed E-state index contributed by atoms with van der Waals surface area (Å²) in [7, 11) is 0. The van der Waals surface area contributed by atoms with Crippen LogP contribution in [0.5, 0.6) is 0 Å². The van der Waals surface area contributed by atoms with Gasteiger partial charge in [-0.2, -0.15) is 0 Å². The lowest BCUT2D eigenvalue weighted by atomic mass is 10.0. The van der Waals surface area contributed by atoms with Crippen molar-refractivity contribution in [3.63, 3.8) is 0 Å². The summed E-state index contributed by atoms with van der Waals surface area (Å²) in [5.74, 6) is 0.0478. The van der Waals surface area contributed by atoms with Gasteiger partial charge < -0.3 is 9.72 Å². The topological polar surface area (TPSA) is 76.4 Å². The Morgan fingerprint density at radius 1 is 0.842 bits per heavy atom.